The van der Waals surface area contributed by atoms with E-state index in [2.05, 4.69) is 20.9 Å². The van der Waals surface area contributed by atoms with Gasteiger partial charge in [-0.05, 0) is 59.0 Å². The molecule has 0 aliphatic rings. The number of carbonyl (C=O) groups is 3. The third-order valence-electron chi connectivity index (χ3n) is 5.83. The van der Waals surface area contributed by atoms with Crippen LogP contribution in [-0.4, -0.2) is 43.5 Å². The largest absolute Gasteiger partial charge is 0.497 e. The Balaban J connectivity index is 1.66. The average Bonchev–Trinajstić information content (AvgIpc) is 2.91. The number of benzene rings is 3. The first kappa shape index (κ1) is 27.8. The molecule has 0 saturated heterocycles. The van der Waals surface area contributed by atoms with Gasteiger partial charge in [-0.2, -0.15) is 0 Å². The van der Waals surface area contributed by atoms with Crippen molar-refractivity contribution in [2.75, 3.05) is 13.7 Å². The van der Waals surface area contributed by atoms with Crippen LogP contribution in [0.25, 0.3) is 10.8 Å². The van der Waals surface area contributed by atoms with E-state index in [1.807, 2.05) is 48.5 Å². The topological polar surface area (TPSA) is 187 Å². The Bertz CT molecular complexity index is 1300. The second-order valence-electron chi connectivity index (χ2n) is 8.65. The number of rotatable bonds is 12. The molecule has 0 aliphatic carbocycles. The number of ether oxygens (including phenoxy) is 1. The van der Waals surface area contributed by atoms with Gasteiger partial charge in [-0.3, -0.25) is 14.6 Å². The van der Waals surface area contributed by atoms with E-state index < -0.39 is 12.1 Å². The van der Waals surface area contributed by atoms with Crippen molar-refractivity contribution in [1.29, 1.82) is 0 Å². The number of guanidine groups is 1. The lowest BCUT2D eigenvalue weighted by atomic mass is 10.0. The fourth-order valence-electron chi connectivity index (χ4n) is 3.78. The maximum Gasteiger partial charge on any atom is 0.312 e. The lowest BCUT2D eigenvalue weighted by Gasteiger charge is -2.19. The molecule has 1 atom stereocenters. The van der Waals surface area contributed by atoms with Gasteiger partial charge in [-0.25, -0.2) is 4.79 Å². The first-order valence-electron chi connectivity index (χ1n) is 12.1. The fourth-order valence-corrected chi connectivity index (χ4v) is 3.78. The number of hydrogen-bond acceptors (Lipinski definition) is 5. The summed E-state index contributed by atoms with van der Waals surface area (Å²) in [6.45, 7) is 0.912. The van der Waals surface area contributed by atoms with Crippen LogP contribution in [0, 0.1) is 0 Å². The summed E-state index contributed by atoms with van der Waals surface area (Å²) in [5.41, 5.74) is 18.0. The molecule has 0 heterocycles. The monoisotopic (exact) mass is 519 g/mol. The van der Waals surface area contributed by atoms with Crippen molar-refractivity contribution < 1.29 is 19.1 Å². The van der Waals surface area contributed by atoms with E-state index in [1.54, 1.807) is 19.2 Å². The highest BCUT2D eigenvalue weighted by Gasteiger charge is 2.21. The quantitative estimate of drug-likeness (QED) is 0.119. The zero-order valence-electron chi connectivity index (χ0n) is 21.2. The standard InChI is InChI=1S/C27H33N7O4/c1-38-22-11-10-19-13-21(9-8-20(19)14-22)24(35)34-23(3-2-12-31-26(28)29)25(36)32-15-17-4-6-18(7-5-17)16-33-27(30)37/h4-11,13-14,23H,2-3,12,15-16H2,1H3,(H,32,36)(H,34,35)(H4,28,29,31)(H3,30,33,37)/t23-/m1/s1. The lowest BCUT2D eigenvalue weighted by Crippen LogP contribution is -2.46. The fraction of sp³-hybridized carbons (Fsp3) is 0.259. The van der Waals surface area contributed by atoms with Crippen LogP contribution in [0.5, 0.6) is 5.75 Å². The van der Waals surface area contributed by atoms with Gasteiger partial charge in [-0.1, -0.05) is 36.4 Å². The van der Waals surface area contributed by atoms with Gasteiger partial charge in [0, 0.05) is 25.2 Å². The number of nitrogens with one attached hydrogen (secondary N) is 3. The molecule has 0 aliphatic heterocycles. The molecule has 0 saturated carbocycles. The summed E-state index contributed by atoms with van der Waals surface area (Å²) in [4.78, 5) is 40.9. The number of nitrogens with two attached hydrogens (primary N) is 3. The molecule has 0 bridgehead atoms. The minimum absolute atomic E-state index is 0.0303. The van der Waals surface area contributed by atoms with Gasteiger partial charge in [-0.15, -0.1) is 0 Å². The Morgan fingerprint density at radius 2 is 1.50 bits per heavy atom. The summed E-state index contributed by atoms with van der Waals surface area (Å²) in [6, 6.07) is 16.9. The van der Waals surface area contributed by atoms with Crippen molar-refractivity contribution >= 4 is 34.6 Å². The number of fused-ring (bicyclic) bond motifs is 1. The number of urea groups is 1. The van der Waals surface area contributed by atoms with E-state index in [0.29, 0.717) is 31.5 Å². The van der Waals surface area contributed by atoms with Crippen LogP contribution in [0.4, 0.5) is 4.79 Å². The summed E-state index contributed by atoms with van der Waals surface area (Å²) in [7, 11) is 1.60. The number of hydrogen-bond donors (Lipinski definition) is 6. The Kier molecular flexibility index (Phi) is 9.86. The van der Waals surface area contributed by atoms with Gasteiger partial charge >= 0.3 is 6.03 Å². The molecule has 11 nitrogen and oxygen atoms in total. The second kappa shape index (κ2) is 13.5. The summed E-state index contributed by atoms with van der Waals surface area (Å²) < 4.78 is 5.25. The van der Waals surface area contributed by atoms with Crippen LogP contribution in [0.3, 0.4) is 0 Å². The number of primary amides is 1. The van der Waals surface area contributed by atoms with E-state index in [4.69, 9.17) is 21.9 Å². The number of aliphatic imine (C=N–C) groups is 1. The number of carbonyl (C=O) groups excluding carboxylic acids is 3. The molecule has 3 rings (SSSR count). The highest BCUT2D eigenvalue weighted by molar-refractivity contribution is 6.00. The molecule has 38 heavy (non-hydrogen) atoms. The van der Waals surface area contributed by atoms with E-state index in [1.165, 1.54) is 0 Å². The van der Waals surface area contributed by atoms with E-state index >= 15 is 0 Å². The van der Waals surface area contributed by atoms with E-state index in [0.717, 1.165) is 27.6 Å². The third-order valence-corrected chi connectivity index (χ3v) is 5.83. The normalized spacial score (nSPS) is 11.3. The highest BCUT2D eigenvalue weighted by Crippen LogP contribution is 2.22. The molecule has 9 N–H and O–H groups in total. The van der Waals surface area contributed by atoms with E-state index in [-0.39, 0.29) is 24.3 Å². The van der Waals surface area contributed by atoms with Gasteiger partial charge in [0.1, 0.15) is 11.8 Å². The first-order valence-corrected chi connectivity index (χ1v) is 12.1. The van der Waals surface area contributed by atoms with Crippen LogP contribution < -0.4 is 37.9 Å². The molecule has 3 aromatic rings. The summed E-state index contributed by atoms with van der Waals surface area (Å²) in [5.74, 6) is 0.00513. The zero-order chi connectivity index (χ0) is 27.5. The predicted octanol–water partition coefficient (Wildman–Crippen LogP) is 1.49. The predicted molar refractivity (Wildman–Crippen MR) is 146 cm³/mol. The van der Waals surface area contributed by atoms with Crippen LogP contribution >= 0.6 is 0 Å². The summed E-state index contributed by atoms with van der Waals surface area (Å²) >= 11 is 0. The summed E-state index contributed by atoms with van der Waals surface area (Å²) in [5, 5.41) is 10.1. The van der Waals surface area contributed by atoms with Gasteiger partial charge in [0.25, 0.3) is 5.91 Å². The highest BCUT2D eigenvalue weighted by atomic mass is 16.5. The molecule has 11 heteroatoms. The van der Waals surface area contributed by atoms with Crippen molar-refractivity contribution in [2.45, 2.75) is 32.0 Å². The van der Waals surface area contributed by atoms with Crippen molar-refractivity contribution in [3.8, 4) is 5.75 Å². The van der Waals surface area contributed by atoms with Crippen LogP contribution in [0.15, 0.2) is 65.7 Å². The van der Waals surface area contributed by atoms with Crippen LogP contribution in [0.2, 0.25) is 0 Å². The molecule has 0 unspecified atom stereocenters. The molecule has 0 spiro atoms. The van der Waals surface area contributed by atoms with Crippen molar-refractivity contribution in [2.24, 2.45) is 22.2 Å². The smallest absolute Gasteiger partial charge is 0.312 e. The summed E-state index contributed by atoms with van der Waals surface area (Å²) in [6.07, 6.45) is 0.839. The molecular formula is C27H33N7O4. The van der Waals surface area contributed by atoms with Crippen LogP contribution in [0.1, 0.15) is 34.3 Å². The van der Waals surface area contributed by atoms with Gasteiger partial charge < -0.3 is 37.9 Å². The lowest BCUT2D eigenvalue weighted by molar-refractivity contribution is -0.123. The molecule has 0 fully saturated rings. The van der Waals surface area contributed by atoms with Gasteiger partial charge in [0.05, 0.1) is 7.11 Å². The Hall–Kier alpha value is -4.80. The third kappa shape index (κ3) is 8.40. The minimum Gasteiger partial charge on any atom is -0.497 e. The maximum absolute atomic E-state index is 13.1. The number of amides is 4. The van der Waals surface area contributed by atoms with Gasteiger partial charge in [0.2, 0.25) is 5.91 Å². The maximum atomic E-state index is 13.1. The Morgan fingerprint density at radius 1 is 0.868 bits per heavy atom. The molecule has 0 radical (unpaired) electrons. The van der Waals surface area contributed by atoms with E-state index in [9.17, 15) is 14.4 Å². The first-order chi connectivity index (χ1) is 18.2. The molecule has 3 aromatic carbocycles. The molecule has 4 amide bonds. The average molecular weight is 520 g/mol. The number of nitrogens with zero attached hydrogens (tertiary/aromatic N) is 1. The minimum atomic E-state index is -0.790. The molecule has 200 valence electrons. The number of methoxy groups -OCH3 is 1. The van der Waals surface area contributed by atoms with Crippen molar-refractivity contribution in [1.82, 2.24) is 16.0 Å². The Morgan fingerprint density at radius 3 is 2.13 bits per heavy atom. The van der Waals surface area contributed by atoms with Gasteiger partial charge in [0.15, 0.2) is 5.96 Å². The molecular weight excluding hydrogens is 486 g/mol. The van der Waals surface area contributed by atoms with Crippen LogP contribution in [-0.2, 0) is 17.9 Å². The van der Waals surface area contributed by atoms with Crippen molar-refractivity contribution in [3.63, 3.8) is 0 Å². The Labute approximate surface area is 220 Å². The molecule has 0 aromatic heterocycles. The zero-order valence-corrected chi connectivity index (χ0v) is 21.2. The SMILES string of the molecule is COc1ccc2cc(C(=O)N[C@H](CCCN=C(N)N)C(=O)NCc3ccc(CNC(N)=O)cc3)ccc2c1. The second-order valence-corrected chi connectivity index (χ2v) is 8.65. The van der Waals surface area contributed by atoms with Crippen molar-refractivity contribution in [3.05, 3.63) is 77.4 Å².